The number of carbonyl (C=O) groups excluding carboxylic acids is 1. The van der Waals surface area contributed by atoms with Crippen LogP contribution in [-0.4, -0.2) is 36.9 Å². The van der Waals surface area contributed by atoms with E-state index >= 15 is 0 Å². The maximum absolute atomic E-state index is 10.9. The van der Waals surface area contributed by atoms with E-state index in [0.717, 1.165) is 0 Å². The van der Waals surface area contributed by atoms with Crippen molar-refractivity contribution >= 4 is 5.91 Å². The first-order valence-electron chi connectivity index (χ1n) is 4.07. The van der Waals surface area contributed by atoms with Gasteiger partial charge in [-0.2, -0.15) is 0 Å². The van der Waals surface area contributed by atoms with Crippen molar-refractivity contribution in [2.75, 3.05) is 19.8 Å². The van der Waals surface area contributed by atoms with Crippen molar-refractivity contribution in [3.8, 4) is 0 Å². The Bertz CT molecular complexity index is 175. The molecule has 0 unspecified atom stereocenters. The number of rotatable bonds is 3. The summed E-state index contributed by atoms with van der Waals surface area (Å²) < 4.78 is 5.02. The second-order valence-electron chi connectivity index (χ2n) is 3.70. The highest BCUT2D eigenvalue weighted by Gasteiger charge is 2.33. The van der Waals surface area contributed by atoms with Crippen molar-refractivity contribution in [2.24, 2.45) is 5.41 Å². The molecule has 2 N–H and O–H groups in total. The molecule has 1 aliphatic heterocycles. The number of carbonyl (C=O) groups is 1. The second-order valence-corrected chi connectivity index (χ2v) is 3.70. The number of ether oxygens (including phenoxy) is 1. The molecule has 70 valence electrons. The van der Waals surface area contributed by atoms with Gasteiger partial charge in [-0.05, 0) is 6.92 Å². The standard InChI is InChI=1S/C8H15NO3/c1-6(10)7(11)9-3-8(2)4-12-5-8/h6,10H,3-5H2,1-2H3,(H,9,11)/t6-/m0/s1. The van der Waals surface area contributed by atoms with Crippen LogP contribution in [0.1, 0.15) is 13.8 Å². The predicted molar refractivity (Wildman–Crippen MR) is 43.6 cm³/mol. The predicted octanol–water partition coefficient (Wildman–Crippen LogP) is -0.480. The molecule has 1 heterocycles. The average molecular weight is 173 g/mol. The van der Waals surface area contributed by atoms with Crippen LogP contribution in [0, 0.1) is 5.41 Å². The maximum Gasteiger partial charge on any atom is 0.248 e. The third kappa shape index (κ3) is 2.19. The molecule has 1 aliphatic rings. The van der Waals surface area contributed by atoms with Crippen molar-refractivity contribution in [3.63, 3.8) is 0 Å². The fourth-order valence-corrected chi connectivity index (χ4v) is 1.00. The van der Waals surface area contributed by atoms with Crippen LogP contribution in [0.3, 0.4) is 0 Å². The van der Waals surface area contributed by atoms with Crippen molar-refractivity contribution in [1.29, 1.82) is 0 Å². The third-order valence-electron chi connectivity index (χ3n) is 1.97. The van der Waals surface area contributed by atoms with Gasteiger partial charge in [0.15, 0.2) is 0 Å². The highest BCUT2D eigenvalue weighted by atomic mass is 16.5. The molecule has 0 aliphatic carbocycles. The van der Waals surface area contributed by atoms with Gasteiger partial charge in [0, 0.05) is 12.0 Å². The lowest BCUT2D eigenvalue weighted by Crippen LogP contribution is -2.50. The van der Waals surface area contributed by atoms with E-state index in [1.54, 1.807) is 0 Å². The lowest BCUT2D eigenvalue weighted by atomic mass is 9.89. The Morgan fingerprint density at radius 1 is 1.75 bits per heavy atom. The van der Waals surface area contributed by atoms with Gasteiger partial charge in [-0.3, -0.25) is 4.79 Å². The minimum absolute atomic E-state index is 0.0740. The molecule has 0 saturated carbocycles. The van der Waals surface area contributed by atoms with E-state index in [0.29, 0.717) is 19.8 Å². The molecule has 0 radical (unpaired) electrons. The largest absolute Gasteiger partial charge is 0.384 e. The maximum atomic E-state index is 10.9. The zero-order chi connectivity index (χ0) is 9.19. The molecular formula is C8H15NO3. The Kier molecular flexibility index (Phi) is 2.69. The Hall–Kier alpha value is -0.610. The summed E-state index contributed by atoms with van der Waals surface area (Å²) in [6, 6.07) is 0. The van der Waals surface area contributed by atoms with Crippen LogP contribution in [0.2, 0.25) is 0 Å². The molecule has 0 aromatic heterocycles. The Balaban J connectivity index is 2.21. The second kappa shape index (κ2) is 3.41. The minimum Gasteiger partial charge on any atom is -0.384 e. The third-order valence-corrected chi connectivity index (χ3v) is 1.97. The fraction of sp³-hybridized carbons (Fsp3) is 0.875. The summed E-state index contributed by atoms with van der Waals surface area (Å²) in [5.41, 5.74) is 0.0740. The van der Waals surface area contributed by atoms with E-state index < -0.39 is 6.10 Å². The van der Waals surface area contributed by atoms with E-state index in [-0.39, 0.29) is 11.3 Å². The number of aliphatic hydroxyl groups excluding tert-OH is 1. The lowest BCUT2D eigenvalue weighted by molar-refractivity contribution is -0.133. The summed E-state index contributed by atoms with van der Waals surface area (Å²) in [5, 5.41) is 11.5. The van der Waals surface area contributed by atoms with Crippen molar-refractivity contribution in [1.82, 2.24) is 5.32 Å². The highest BCUT2D eigenvalue weighted by Crippen LogP contribution is 2.24. The van der Waals surface area contributed by atoms with E-state index in [1.165, 1.54) is 6.92 Å². The Labute approximate surface area is 71.9 Å². The Morgan fingerprint density at radius 2 is 2.33 bits per heavy atom. The summed E-state index contributed by atoms with van der Waals surface area (Å²) in [6.45, 7) is 5.45. The van der Waals surface area contributed by atoms with Crippen LogP contribution in [0.15, 0.2) is 0 Å². The van der Waals surface area contributed by atoms with E-state index in [2.05, 4.69) is 5.32 Å². The first-order valence-corrected chi connectivity index (χ1v) is 4.07. The normalized spacial score (nSPS) is 22.6. The highest BCUT2D eigenvalue weighted by molar-refractivity contribution is 5.79. The van der Waals surface area contributed by atoms with Crippen molar-refractivity contribution in [2.45, 2.75) is 20.0 Å². The van der Waals surface area contributed by atoms with Crippen LogP contribution >= 0.6 is 0 Å². The molecule has 1 amide bonds. The van der Waals surface area contributed by atoms with Crippen LogP contribution in [-0.2, 0) is 9.53 Å². The lowest BCUT2D eigenvalue weighted by Gasteiger charge is -2.38. The first-order chi connectivity index (χ1) is 5.53. The van der Waals surface area contributed by atoms with Crippen LogP contribution < -0.4 is 5.32 Å². The van der Waals surface area contributed by atoms with Crippen molar-refractivity contribution in [3.05, 3.63) is 0 Å². The number of hydrogen-bond acceptors (Lipinski definition) is 3. The molecule has 12 heavy (non-hydrogen) atoms. The van der Waals surface area contributed by atoms with E-state index in [4.69, 9.17) is 9.84 Å². The SMILES string of the molecule is C[C@H](O)C(=O)NCC1(C)COC1. The molecule has 0 aromatic rings. The molecule has 1 rings (SSSR count). The number of amides is 1. The molecular weight excluding hydrogens is 158 g/mol. The fourth-order valence-electron chi connectivity index (χ4n) is 1.00. The molecule has 1 saturated heterocycles. The van der Waals surface area contributed by atoms with Gasteiger partial charge in [-0.15, -0.1) is 0 Å². The minimum atomic E-state index is -0.922. The van der Waals surface area contributed by atoms with Gasteiger partial charge in [0.2, 0.25) is 5.91 Å². The smallest absolute Gasteiger partial charge is 0.248 e. The van der Waals surface area contributed by atoms with Crippen LogP contribution in [0.5, 0.6) is 0 Å². The van der Waals surface area contributed by atoms with Gasteiger partial charge < -0.3 is 15.2 Å². The average Bonchev–Trinajstić information content (AvgIpc) is 1.96. The summed E-state index contributed by atoms with van der Waals surface area (Å²) in [6.07, 6.45) is -0.922. The van der Waals surface area contributed by atoms with Gasteiger partial charge in [-0.1, -0.05) is 6.92 Å². The van der Waals surface area contributed by atoms with Gasteiger partial charge in [-0.25, -0.2) is 0 Å². The summed E-state index contributed by atoms with van der Waals surface area (Å²) in [5.74, 6) is -0.317. The summed E-state index contributed by atoms with van der Waals surface area (Å²) >= 11 is 0. The van der Waals surface area contributed by atoms with Crippen LogP contribution in [0.25, 0.3) is 0 Å². The van der Waals surface area contributed by atoms with Gasteiger partial charge in [0.25, 0.3) is 0 Å². The van der Waals surface area contributed by atoms with Gasteiger partial charge >= 0.3 is 0 Å². The first kappa shape index (κ1) is 9.48. The molecule has 4 nitrogen and oxygen atoms in total. The molecule has 0 aromatic carbocycles. The number of hydrogen-bond donors (Lipinski definition) is 2. The summed E-state index contributed by atoms with van der Waals surface area (Å²) in [7, 11) is 0. The van der Waals surface area contributed by atoms with E-state index in [9.17, 15) is 4.79 Å². The molecule has 4 heteroatoms. The Morgan fingerprint density at radius 3 is 2.67 bits per heavy atom. The number of nitrogens with one attached hydrogen (secondary N) is 1. The molecule has 0 bridgehead atoms. The van der Waals surface area contributed by atoms with Gasteiger partial charge in [0.05, 0.1) is 13.2 Å². The summed E-state index contributed by atoms with van der Waals surface area (Å²) in [4.78, 5) is 10.9. The topological polar surface area (TPSA) is 58.6 Å². The molecule has 1 fully saturated rings. The number of aliphatic hydroxyl groups is 1. The zero-order valence-corrected chi connectivity index (χ0v) is 7.46. The van der Waals surface area contributed by atoms with Crippen molar-refractivity contribution < 1.29 is 14.6 Å². The quantitative estimate of drug-likeness (QED) is 0.606. The van der Waals surface area contributed by atoms with Gasteiger partial charge in [0.1, 0.15) is 6.10 Å². The monoisotopic (exact) mass is 173 g/mol. The molecule has 1 atom stereocenters. The van der Waals surface area contributed by atoms with E-state index in [1.807, 2.05) is 6.92 Å². The zero-order valence-electron chi connectivity index (χ0n) is 7.46. The molecule has 0 spiro atoms. The van der Waals surface area contributed by atoms with Crippen LogP contribution in [0.4, 0.5) is 0 Å².